The first kappa shape index (κ1) is 9.23. The molecule has 2 heterocycles. The zero-order chi connectivity index (χ0) is 11.1. The minimum Gasteiger partial charge on any atom is -0.382 e. The number of hydrogen-bond acceptors (Lipinski definition) is 3. The third kappa shape index (κ3) is 1.25. The van der Waals surface area contributed by atoms with Gasteiger partial charge in [-0.1, -0.05) is 23.7 Å². The Morgan fingerprint density at radius 1 is 1.31 bits per heavy atom. The van der Waals surface area contributed by atoms with Gasteiger partial charge in [0.1, 0.15) is 10.8 Å². The van der Waals surface area contributed by atoms with Gasteiger partial charge in [-0.05, 0) is 12.1 Å². The second-order valence-corrected chi connectivity index (χ2v) is 3.77. The third-order valence-corrected chi connectivity index (χ3v) is 2.63. The number of nitrogens with zero attached hydrogens (tertiary/aromatic N) is 3. The van der Waals surface area contributed by atoms with Gasteiger partial charge in [-0.2, -0.15) is 9.78 Å². The second kappa shape index (κ2) is 3.24. The summed E-state index contributed by atoms with van der Waals surface area (Å²) in [5.41, 5.74) is 7.56. The average molecular weight is 234 g/mol. The van der Waals surface area contributed by atoms with Crippen molar-refractivity contribution in [1.82, 2.24) is 19.7 Å². The molecule has 0 saturated carbocycles. The Balaban J connectivity index is 2.23. The molecule has 0 radical (unpaired) electrons. The maximum atomic E-state index is 5.83. The lowest BCUT2D eigenvalue weighted by molar-refractivity contribution is 0.839. The number of nitrogen functional groups attached to an aromatic ring is 1. The molecule has 0 fully saturated rings. The molecule has 0 atom stereocenters. The molecular weight excluding hydrogens is 226 g/mol. The number of aromatic nitrogens is 4. The smallest absolute Gasteiger partial charge is 0.231 e. The number of anilines is 1. The number of nitrogens with two attached hydrogens (primary N) is 1. The van der Waals surface area contributed by atoms with Gasteiger partial charge < -0.3 is 10.7 Å². The number of H-pyrrole nitrogens is 1. The number of aromatic amines is 1. The van der Waals surface area contributed by atoms with Gasteiger partial charge in [0.2, 0.25) is 5.95 Å². The van der Waals surface area contributed by atoms with E-state index in [2.05, 4.69) is 15.1 Å². The summed E-state index contributed by atoms with van der Waals surface area (Å²) in [5.74, 6) is 0.936. The van der Waals surface area contributed by atoms with E-state index in [4.69, 9.17) is 17.3 Å². The van der Waals surface area contributed by atoms with Crippen LogP contribution in [0.2, 0.25) is 5.02 Å². The van der Waals surface area contributed by atoms with Gasteiger partial charge in [0.25, 0.3) is 0 Å². The van der Waals surface area contributed by atoms with Gasteiger partial charge in [-0.15, -0.1) is 0 Å². The summed E-state index contributed by atoms with van der Waals surface area (Å²) in [7, 11) is 0. The van der Waals surface area contributed by atoms with Crippen molar-refractivity contribution < 1.29 is 0 Å². The lowest BCUT2D eigenvalue weighted by Gasteiger charge is -1.97. The molecule has 0 spiro atoms. The lowest BCUT2D eigenvalue weighted by Crippen LogP contribution is -2.03. The molecule has 0 saturated heterocycles. The van der Waals surface area contributed by atoms with E-state index in [-0.39, 0.29) is 0 Å². The first-order valence-corrected chi connectivity index (χ1v) is 5.07. The van der Waals surface area contributed by atoms with Crippen LogP contribution in [0, 0.1) is 0 Å². The molecule has 3 N–H and O–H groups in total. The van der Waals surface area contributed by atoms with Gasteiger partial charge in [0, 0.05) is 0 Å². The van der Waals surface area contributed by atoms with Gasteiger partial charge >= 0.3 is 0 Å². The van der Waals surface area contributed by atoms with Crippen LogP contribution in [-0.2, 0) is 0 Å². The number of rotatable bonds is 1. The van der Waals surface area contributed by atoms with E-state index in [0.717, 1.165) is 11.0 Å². The molecule has 0 unspecified atom stereocenters. The molecule has 0 aliphatic rings. The number of nitrogens with one attached hydrogen (secondary N) is 1. The molecule has 5 nitrogen and oxygen atoms in total. The van der Waals surface area contributed by atoms with E-state index in [1.807, 2.05) is 24.3 Å². The normalized spacial score (nSPS) is 11.1. The zero-order valence-corrected chi connectivity index (χ0v) is 8.94. The monoisotopic (exact) mass is 233 g/mol. The fraction of sp³-hybridized carbons (Fsp3) is 0. The van der Waals surface area contributed by atoms with Crippen molar-refractivity contribution in [2.24, 2.45) is 0 Å². The first-order chi connectivity index (χ1) is 7.75. The molecule has 80 valence electrons. The third-order valence-electron chi connectivity index (χ3n) is 2.34. The molecule has 3 aromatic rings. The van der Waals surface area contributed by atoms with Crippen LogP contribution in [0.5, 0.6) is 0 Å². The standard InChI is InChI=1S/C10H8ClN5/c11-6-5-13-16(9(6)12)10-14-7-3-1-2-4-8(7)15-10/h1-5H,12H2,(H,14,15). The highest BCUT2D eigenvalue weighted by Crippen LogP contribution is 2.21. The van der Waals surface area contributed by atoms with Crippen molar-refractivity contribution in [1.29, 1.82) is 0 Å². The zero-order valence-electron chi connectivity index (χ0n) is 8.18. The van der Waals surface area contributed by atoms with Crippen LogP contribution in [0.4, 0.5) is 5.82 Å². The van der Waals surface area contributed by atoms with Crippen LogP contribution in [0.3, 0.4) is 0 Å². The van der Waals surface area contributed by atoms with E-state index in [9.17, 15) is 0 Å². The molecule has 0 aliphatic heterocycles. The summed E-state index contributed by atoms with van der Waals surface area (Å²) in [6.45, 7) is 0. The highest BCUT2D eigenvalue weighted by Gasteiger charge is 2.10. The predicted octanol–water partition coefficient (Wildman–Crippen LogP) is 1.98. The van der Waals surface area contributed by atoms with Crippen molar-refractivity contribution in [2.75, 3.05) is 5.73 Å². The molecular formula is C10H8ClN5. The highest BCUT2D eigenvalue weighted by molar-refractivity contribution is 6.32. The maximum absolute atomic E-state index is 5.83. The van der Waals surface area contributed by atoms with Crippen molar-refractivity contribution in [3.05, 3.63) is 35.5 Å². The van der Waals surface area contributed by atoms with Crippen LogP contribution in [0.1, 0.15) is 0 Å². The fourth-order valence-electron chi connectivity index (χ4n) is 1.55. The largest absolute Gasteiger partial charge is 0.382 e. The quantitative estimate of drug-likeness (QED) is 0.675. The Kier molecular flexibility index (Phi) is 1.87. The average Bonchev–Trinajstić information content (AvgIpc) is 2.84. The molecule has 2 aromatic heterocycles. The van der Waals surface area contributed by atoms with Gasteiger partial charge in [-0.3, -0.25) is 0 Å². The predicted molar refractivity (Wildman–Crippen MR) is 62.6 cm³/mol. The molecule has 0 aliphatic carbocycles. The molecule has 3 rings (SSSR count). The SMILES string of the molecule is Nc1c(Cl)cnn1-c1nc2ccccc2[nH]1. The topological polar surface area (TPSA) is 72.5 Å². The van der Waals surface area contributed by atoms with E-state index in [1.54, 1.807) is 0 Å². The highest BCUT2D eigenvalue weighted by atomic mass is 35.5. The van der Waals surface area contributed by atoms with Crippen molar-refractivity contribution >= 4 is 28.5 Å². The lowest BCUT2D eigenvalue weighted by atomic mass is 10.3. The molecule has 6 heteroatoms. The number of hydrogen-bond donors (Lipinski definition) is 2. The summed E-state index contributed by atoms with van der Waals surface area (Å²) in [5, 5.41) is 4.46. The Morgan fingerprint density at radius 3 is 2.81 bits per heavy atom. The fourth-order valence-corrected chi connectivity index (χ4v) is 1.67. The second-order valence-electron chi connectivity index (χ2n) is 3.37. The van der Waals surface area contributed by atoms with E-state index in [1.165, 1.54) is 10.9 Å². The van der Waals surface area contributed by atoms with Crippen LogP contribution in [0.15, 0.2) is 30.5 Å². The van der Waals surface area contributed by atoms with Crippen molar-refractivity contribution in [3.8, 4) is 5.95 Å². The number of benzene rings is 1. The summed E-state index contributed by atoms with van der Waals surface area (Å²) in [4.78, 5) is 7.48. The number of imidazole rings is 1. The van der Waals surface area contributed by atoms with E-state index >= 15 is 0 Å². The van der Waals surface area contributed by atoms with Crippen molar-refractivity contribution in [3.63, 3.8) is 0 Å². The molecule has 0 amide bonds. The number of halogens is 1. The summed E-state index contributed by atoms with van der Waals surface area (Å²) >= 11 is 5.83. The summed E-state index contributed by atoms with van der Waals surface area (Å²) < 4.78 is 1.47. The maximum Gasteiger partial charge on any atom is 0.231 e. The Hall–Kier alpha value is -2.01. The van der Waals surface area contributed by atoms with Crippen LogP contribution >= 0.6 is 11.6 Å². The minimum atomic E-state index is 0.376. The Bertz CT molecular complexity index is 621. The van der Waals surface area contributed by atoms with Crippen LogP contribution in [0.25, 0.3) is 17.0 Å². The summed E-state index contributed by atoms with van der Waals surface area (Å²) in [6.07, 6.45) is 1.49. The molecule has 0 bridgehead atoms. The Labute approximate surface area is 95.8 Å². The number of fused-ring (bicyclic) bond motifs is 1. The van der Waals surface area contributed by atoms with E-state index < -0.39 is 0 Å². The first-order valence-electron chi connectivity index (χ1n) is 4.70. The van der Waals surface area contributed by atoms with Crippen molar-refractivity contribution in [2.45, 2.75) is 0 Å². The van der Waals surface area contributed by atoms with Gasteiger partial charge in [0.05, 0.1) is 17.2 Å². The van der Waals surface area contributed by atoms with Gasteiger partial charge in [-0.25, -0.2) is 4.98 Å². The van der Waals surface area contributed by atoms with Crippen LogP contribution < -0.4 is 5.73 Å². The minimum absolute atomic E-state index is 0.376. The molecule has 1 aromatic carbocycles. The van der Waals surface area contributed by atoms with Gasteiger partial charge in [0.15, 0.2) is 0 Å². The van der Waals surface area contributed by atoms with E-state index in [0.29, 0.717) is 16.8 Å². The summed E-state index contributed by atoms with van der Waals surface area (Å²) in [6, 6.07) is 7.71. The van der Waals surface area contributed by atoms with Crippen LogP contribution in [-0.4, -0.2) is 19.7 Å². The molecule has 16 heavy (non-hydrogen) atoms. The number of para-hydroxylation sites is 2. The Morgan fingerprint density at radius 2 is 2.12 bits per heavy atom.